The molecule has 1 unspecified atom stereocenters. The van der Waals surface area contributed by atoms with E-state index in [-0.39, 0.29) is 17.8 Å². The number of anilines is 1. The molecule has 1 saturated heterocycles. The first-order chi connectivity index (χ1) is 10.4. The van der Waals surface area contributed by atoms with Gasteiger partial charge in [-0.05, 0) is 56.9 Å². The number of halogens is 1. The van der Waals surface area contributed by atoms with Gasteiger partial charge < -0.3 is 9.64 Å². The van der Waals surface area contributed by atoms with Crippen LogP contribution in [0.2, 0.25) is 0 Å². The Kier molecular flexibility index (Phi) is 4.12. The second-order valence-corrected chi connectivity index (χ2v) is 8.37. The minimum absolute atomic E-state index is 0.0520. The van der Waals surface area contributed by atoms with Crippen molar-refractivity contribution in [3.8, 4) is 0 Å². The number of Topliss-reactive ketones (excluding diaryl/α,β-unsaturated/α-hetero) is 1. The van der Waals surface area contributed by atoms with Crippen molar-refractivity contribution in [2.75, 3.05) is 18.1 Å². The third-order valence-corrected chi connectivity index (χ3v) is 4.61. The molecule has 1 aromatic rings. The van der Waals surface area contributed by atoms with E-state index in [9.17, 15) is 9.59 Å². The van der Waals surface area contributed by atoms with Crippen LogP contribution in [-0.4, -0.2) is 35.3 Å². The summed E-state index contributed by atoms with van der Waals surface area (Å²) in [5, 5.41) is 0. The van der Waals surface area contributed by atoms with Gasteiger partial charge in [0.25, 0.3) is 5.91 Å². The highest BCUT2D eigenvalue weighted by molar-refractivity contribution is 9.10. The zero-order valence-corrected chi connectivity index (χ0v) is 14.5. The predicted octanol–water partition coefficient (Wildman–Crippen LogP) is 3.11. The maximum absolute atomic E-state index is 12.5. The molecule has 0 aliphatic carbocycles. The van der Waals surface area contributed by atoms with E-state index in [4.69, 9.17) is 4.74 Å². The summed E-state index contributed by atoms with van der Waals surface area (Å²) in [4.78, 5) is 26.7. The zero-order valence-electron chi connectivity index (χ0n) is 12.9. The molecule has 0 spiro atoms. The number of nitrogens with zero attached hydrogens (tertiary/aromatic N) is 1. The first kappa shape index (κ1) is 15.7. The van der Waals surface area contributed by atoms with Crippen LogP contribution in [0.25, 0.3) is 0 Å². The van der Waals surface area contributed by atoms with Gasteiger partial charge in [-0.1, -0.05) is 15.9 Å². The fourth-order valence-corrected chi connectivity index (χ4v) is 3.29. The highest BCUT2D eigenvalue weighted by Gasteiger charge is 2.33. The third-order valence-electron chi connectivity index (χ3n) is 4.25. The van der Waals surface area contributed by atoms with Crippen LogP contribution in [0.5, 0.6) is 0 Å². The van der Waals surface area contributed by atoms with Gasteiger partial charge in [-0.25, -0.2) is 0 Å². The van der Waals surface area contributed by atoms with E-state index >= 15 is 0 Å². The number of ether oxygens (including phenoxy) is 1. The van der Waals surface area contributed by atoms with Gasteiger partial charge in [0.05, 0.1) is 4.32 Å². The summed E-state index contributed by atoms with van der Waals surface area (Å²) in [7, 11) is 0. The molecule has 0 radical (unpaired) electrons. The first-order valence-corrected chi connectivity index (χ1v) is 8.47. The monoisotopic (exact) mass is 365 g/mol. The Morgan fingerprint density at radius 3 is 2.77 bits per heavy atom. The lowest BCUT2D eigenvalue weighted by atomic mass is 9.98. The lowest BCUT2D eigenvalue weighted by Crippen LogP contribution is -2.37. The number of carbonyl (C=O) groups is 2. The molecule has 22 heavy (non-hydrogen) atoms. The van der Waals surface area contributed by atoms with Crippen LogP contribution in [0.15, 0.2) is 18.2 Å². The fraction of sp³-hybridized carbons (Fsp3) is 0.529. The predicted molar refractivity (Wildman–Crippen MR) is 88.8 cm³/mol. The molecule has 0 saturated carbocycles. The van der Waals surface area contributed by atoms with E-state index in [2.05, 4.69) is 15.9 Å². The fourth-order valence-electron chi connectivity index (χ4n) is 3.06. The Morgan fingerprint density at radius 1 is 1.36 bits per heavy atom. The van der Waals surface area contributed by atoms with E-state index in [0.717, 1.165) is 30.5 Å². The number of alkyl halides is 1. The van der Waals surface area contributed by atoms with Crippen molar-refractivity contribution in [2.24, 2.45) is 0 Å². The molecule has 1 amide bonds. The van der Waals surface area contributed by atoms with Crippen LogP contribution in [0.1, 0.15) is 42.6 Å². The summed E-state index contributed by atoms with van der Waals surface area (Å²) in [6.45, 7) is 5.03. The minimum atomic E-state index is -0.576. The Hall–Kier alpha value is -1.20. The lowest BCUT2D eigenvalue weighted by molar-refractivity contribution is -0.127. The van der Waals surface area contributed by atoms with Crippen LogP contribution < -0.4 is 4.90 Å². The summed E-state index contributed by atoms with van der Waals surface area (Å²) in [5.74, 6) is 0.107. The Bertz CT molecular complexity index is 615. The van der Waals surface area contributed by atoms with Gasteiger partial charge in [0.1, 0.15) is 6.10 Å². The SMILES string of the molecule is CC(C)(Br)C(=O)c1ccc2c(c1)CCN2C(=O)C1CCCO1. The van der Waals surface area contributed by atoms with Gasteiger partial charge in [-0.15, -0.1) is 0 Å². The van der Waals surface area contributed by atoms with Gasteiger partial charge in [0.15, 0.2) is 5.78 Å². The number of hydrogen-bond acceptors (Lipinski definition) is 3. The summed E-state index contributed by atoms with van der Waals surface area (Å²) in [5.41, 5.74) is 2.67. The molecule has 1 aromatic carbocycles. The topological polar surface area (TPSA) is 46.6 Å². The van der Waals surface area contributed by atoms with E-state index in [0.29, 0.717) is 18.7 Å². The molecule has 5 heteroatoms. The maximum Gasteiger partial charge on any atom is 0.256 e. The highest BCUT2D eigenvalue weighted by atomic mass is 79.9. The molecule has 1 atom stereocenters. The largest absolute Gasteiger partial charge is 0.368 e. The number of carbonyl (C=O) groups excluding carboxylic acids is 2. The number of rotatable bonds is 3. The number of fused-ring (bicyclic) bond motifs is 1. The molecule has 1 fully saturated rings. The van der Waals surface area contributed by atoms with Gasteiger partial charge in [-0.2, -0.15) is 0 Å². The Labute approximate surface area is 138 Å². The van der Waals surface area contributed by atoms with Crippen molar-refractivity contribution in [2.45, 2.75) is 43.5 Å². The van der Waals surface area contributed by atoms with Gasteiger partial charge in [0.2, 0.25) is 0 Å². The second kappa shape index (κ2) is 5.78. The molecule has 0 bridgehead atoms. The molecule has 3 rings (SSSR count). The van der Waals surface area contributed by atoms with E-state index in [1.165, 1.54) is 0 Å². The van der Waals surface area contributed by atoms with Gasteiger partial charge >= 0.3 is 0 Å². The van der Waals surface area contributed by atoms with Crippen molar-refractivity contribution in [3.63, 3.8) is 0 Å². The normalized spacial score (nSPS) is 21.0. The van der Waals surface area contributed by atoms with Crippen LogP contribution in [0, 0.1) is 0 Å². The number of amides is 1. The van der Waals surface area contributed by atoms with Crippen molar-refractivity contribution < 1.29 is 14.3 Å². The standard InChI is InChI=1S/C17H20BrNO3/c1-17(2,18)15(20)12-5-6-13-11(10-12)7-8-19(13)16(21)14-4-3-9-22-14/h5-6,10,14H,3-4,7-9H2,1-2H3. The molecule has 2 heterocycles. The summed E-state index contributed by atoms with van der Waals surface area (Å²) in [6, 6.07) is 5.62. The molecule has 0 aromatic heterocycles. The van der Waals surface area contributed by atoms with Gasteiger partial charge in [-0.3, -0.25) is 9.59 Å². The molecule has 4 nitrogen and oxygen atoms in total. The summed E-state index contributed by atoms with van der Waals surface area (Å²) in [6.07, 6.45) is 2.25. The molecular formula is C17H20BrNO3. The maximum atomic E-state index is 12.5. The second-order valence-electron chi connectivity index (χ2n) is 6.39. The molecule has 0 N–H and O–H groups in total. The molecular weight excluding hydrogens is 346 g/mol. The molecule has 118 valence electrons. The van der Waals surface area contributed by atoms with Crippen LogP contribution in [0.4, 0.5) is 5.69 Å². The van der Waals surface area contributed by atoms with Crippen LogP contribution in [-0.2, 0) is 16.0 Å². The van der Waals surface area contributed by atoms with Crippen LogP contribution in [0.3, 0.4) is 0 Å². The third kappa shape index (κ3) is 2.84. The Morgan fingerprint density at radius 2 is 2.14 bits per heavy atom. The average Bonchev–Trinajstić information content (AvgIpc) is 3.13. The summed E-state index contributed by atoms with van der Waals surface area (Å²) >= 11 is 3.41. The zero-order chi connectivity index (χ0) is 15.9. The molecule has 2 aliphatic rings. The lowest BCUT2D eigenvalue weighted by Gasteiger charge is -2.21. The quantitative estimate of drug-likeness (QED) is 0.610. The average molecular weight is 366 g/mol. The van der Waals surface area contributed by atoms with E-state index in [1.54, 1.807) is 4.90 Å². The van der Waals surface area contributed by atoms with E-state index < -0.39 is 4.32 Å². The Balaban J connectivity index is 1.84. The van der Waals surface area contributed by atoms with Crippen molar-refractivity contribution in [1.82, 2.24) is 0 Å². The highest BCUT2D eigenvalue weighted by Crippen LogP contribution is 2.32. The summed E-state index contributed by atoms with van der Waals surface area (Å²) < 4.78 is 4.92. The number of ketones is 1. The van der Waals surface area contributed by atoms with E-state index in [1.807, 2.05) is 32.0 Å². The first-order valence-electron chi connectivity index (χ1n) is 7.67. The molecule has 2 aliphatic heterocycles. The van der Waals surface area contributed by atoms with Crippen LogP contribution >= 0.6 is 15.9 Å². The minimum Gasteiger partial charge on any atom is -0.368 e. The van der Waals surface area contributed by atoms with Crippen molar-refractivity contribution in [1.29, 1.82) is 0 Å². The van der Waals surface area contributed by atoms with Gasteiger partial charge in [0, 0.05) is 24.4 Å². The smallest absolute Gasteiger partial charge is 0.256 e. The number of benzene rings is 1. The number of hydrogen-bond donors (Lipinski definition) is 0. The van der Waals surface area contributed by atoms with Crippen molar-refractivity contribution >= 4 is 33.3 Å². The van der Waals surface area contributed by atoms with Crippen molar-refractivity contribution in [3.05, 3.63) is 29.3 Å².